The first kappa shape index (κ1) is 11.5. The van der Waals surface area contributed by atoms with Crippen LogP contribution in [0.2, 0.25) is 0 Å². The molecule has 0 bridgehead atoms. The van der Waals surface area contributed by atoms with Crippen LogP contribution in [0.3, 0.4) is 0 Å². The molecule has 0 spiro atoms. The third-order valence-corrected chi connectivity index (χ3v) is 2.29. The van der Waals surface area contributed by atoms with Gasteiger partial charge in [0, 0.05) is 18.8 Å². The first-order chi connectivity index (χ1) is 7.10. The molecule has 0 aliphatic heterocycles. The first-order valence-corrected chi connectivity index (χ1v) is 4.94. The van der Waals surface area contributed by atoms with Gasteiger partial charge in [0.1, 0.15) is 5.82 Å². The van der Waals surface area contributed by atoms with Crippen LogP contribution in [0, 0.1) is 5.82 Å². The Morgan fingerprint density at radius 2 is 2.00 bits per heavy atom. The molecule has 0 saturated heterocycles. The molecule has 1 rings (SSSR count). The van der Waals surface area contributed by atoms with E-state index in [4.69, 9.17) is 5.73 Å². The topological polar surface area (TPSA) is 46.3 Å². The Labute approximate surface area is 88.7 Å². The molecule has 0 radical (unpaired) electrons. The second-order valence-electron chi connectivity index (χ2n) is 3.21. The van der Waals surface area contributed by atoms with E-state index >= 15 is 0 Å². The van der Waals surface area contributed by atoms with E-state index in [9.17, 15) is 9.18 Å². The Kier molecular flexibility index (Phi) is 3.66. The molecular weight excluding hydrogens is 195 g/mol. The number of nitrogens with zero attached hydrogens (tertiary/aromatic N) is 1. The Morgan fingerprint density at radius 1 is 1.40 bits per heavy atom. The summed E-state index contributed by atoms with van der Waals surface area (Å²) in [4.78, 5) is 13.5. The van der Waals surface area contributed by atoms with Crippen LogP contribution in [0.4, 0.5) is 10.1 Å². The van der Waals surface area contributed by atoms with Crippen molar-refractivity contribution >= 4 is 11.6 Å². The number of halogens is 1. The highest BCUT2D eigenvalue weighted by atomic mass is 19.1. The number of nitrogens with two attached hydrogens (primary N) is 1. The van der Waals surface area contributed by atoms with Crippen molar-refractivity contribution in [2.24, 2.45) is 0 Å². The van der Waals surface area contributed by atoms with Gasteiger partial charge in [0.25, 0.3) is 5.91 Å². The molecule has 0 saturated carbocycles. The predicted molar refractivity (Wildman–Crippen MR) is 58.1 cm³/mol. The van der Waals surface area contributed by atoms with E-state index in [0.717, 1.165) is 6.07 Å². The lowest BCUT2D eigenvalue weighted by Crippen LogP contribution is -2.31. The van der Waals surface area contributed by atoms with Crippen molar-refractivity contribution in [1.82, 2.24) is 4.90 Å². The van der Waals surface area contributed by atoms with Crippen LogP contribution in [0.25, 0.3) is 0 Å². The van der Waals surface area contributed by atoms with E-state index in [1.165, 1.54) is 12.1 Å². The maximum Gasteiger partial charge on any atom is 0.255 e. The number of carbonyl (C=O) groups is 1. The van der Waals surface area contributed by atoms with Gasteiger partial charge in [-0.05, 0) is 32.0 Å². The van der Waals surface area contributed by atoms with Gasteiger partial charge >= 0.3 is 0 Å². The number of hydrogen-bond acceptors (Lipinski definition) is 2. The van der Waals surface area contributed by atoms with Gasteiger partial charge in [-0.1, -0.05) is 0 Å². The van der Waals surface area contributed by atoms with Gasteiger partial charge in [-0.2, -0.15) is 0 Å². The minimum absolute atomic E-state index is 0.155. The van der Waals surface area contributed by atoms with Gasteiger partial charge in [0.2, 0.25) is 0 Å². The fourth-order valence-corrected chi connectivity index (χ4v) is 1.41. The highest BCUT2D eigenvalue weighted by Crippen LogP contribution is 2.15. The molecule has 2 N–H and O–H groups in total. The number of benzene rings is 1. The van der Waals surface area contributed by atoms with Crippen molar-refractivity contribution in [3.8, 4) is 0 Å². The van der Waals surface area contributed by atoms with Gasteiger partial charge in [0.15, 0.2) is 0 Å². The second kappa shape index (κ2) is 4.77. The molecule has 15 heavy (non-hydrogen) atoms. The molecule has 0 heterocycles. The van der Waals surface area contributed by atoms with Crippen molar-refractivity contribution in [3.63, 3.8) is 0 Å². The van der Waals surface area contributed by atoms with E-state index in [2.05, 4.69) is 0 Å². The normalized spacial score (nSPS) is 10.1. The average Bonchev–Trinajstić information content (AvgIpc) is 2.19. The summed E-state index contributed by atoms with van der Waals surface area (Å²) in [6, 6.07) is 3.83. The van der Waals surface area contributed by atoms with Crippen molar-refractivity contribution in [2.45, 2.75) is 13.8 Å². The van der Waals surface area contributed by atoms with Crippen LogP contribution < -0.4 is 5.73 Å². The fourth-order valence-electron chi connectivity index (χ4n) is 1.41. The van der Waals surface area contributed by atoms with Gasteiger partial charge in [-0.3, -0.25) is 4.79 Å². The number of hydrogen-bond donors (Lipinski definition) is 1. The Balaban J connectivity index is 3.00. The quantitative estimate of drug-likeness (QED) is 0.774. The highest BCUT2D eigenvalue weighted by Gasteiger charge is 2.15. The fraction of sp³-hybridized carbons (Fsp3) is 0.364. The maximum atomic E-state index is 12.8. The van der Waals surface area contributed by atoms with Crippen LogP contribution in [0.15, 0.2) is 18.2 Å². The number of amides is 1. The van der Waals surface area contributed by atoms with Gasteiger partial charge in [0.05, 0.1) is 5.56 Å². The molecule has 1 amide bonds. The monoisotopic (exact) mass is 210 g/mol. The van der Waals surface area contributed by atoms with Gasteiger partial charge in [-0.25, -0.2) is 4.39 Å². The first-order valence-electron chi connectivity index (χ1n) is 4.94. The summed E-state index contributed by atoms with van der Waals surface area (Å²) in [7, 11) is 0. The van der Waals surface area contributed by atoms with E-state index in [0.29, 0.717) is 18.7 Å². The van der Waals surface area contributed by atoms with Crippen molar-refractivity contribution in [2.75, 3.05) is 18.8 Å². The maximum absolute atomic E-state index is 12.8. The van der Waals surface area contributed by atoms with E-state index in [1.807, 2.05) is 13.8 Å². The molecule has 0 aromatic heterocycles. The van der Waals surface area contributed by atoms with Crippen LogP contribution in [-0.4, -0.2) is 23.9 Å². The molecule has 0 atom stereocenters. The lowest BCUT2D eigenvalue weighted by atomic mass is 10.1. The predicted octanol–water partition coefficient (Wildman–Crippen LogP) is 1.89. The molecular formula is C11H15FN2O. The van der Waals surface area contributed by atoms with Crippen LogP contribution in [0.5, 0.6) is 0 Å². The Morgan fingerprint density at radius 3 is 2.47 bits per heavy atom. The largest absolute Gasteiger partial charge is 0.398 e. The third-order valence-electron chi connectivity index (χ3n) is 2.29. The van der Waals surface area contributed by atoms with Gasteiger partial charge < -0.3 is 10.6 Å². The minimum atomic E-state index is -0.427. The number of nitrogen functional groups attached to an aromatic ring is 1. The standard InChI is InChI=1S/C11H15FN2O/c1-3-14(4-2)11(15)9-6-5-8(12)7-10(9)13/h5-7H,3-4,13H2,1-2H3. The third kappa shape index (κ3) is 2.46. The van der Waals surface area contributed by atoms with E-state index in [-0.39, 0.29) is 11.6 Å². The summed E-state index contributed by atoms with van der Waals surface area (Å²) in [5.41, 5.74) is 6.13. The summed E-state index contributed by atoms with van der Waals surface area (Å²) < 4.78 is 12.8. The van der Waals surface area contributed by atoms with Crippen LogP contribution in [-0.2, 0) is 0 Å². The van der Waals surface area contributed by atoms with Crippen molar-refractivity contribution < 1.29 is 9.18 Å². The molecule has 1 aromatic carbocycles. The second-order valence-corrected chi connectivity index (χ2v) is 3.21. The van der Waals surface area contributed by atoms with Crippen molar-refractivity contribution in [1.29, 1.82) is 0 Å². The average molecular weight is 210 g/mol. The molecule has 82 valence electrons. The Hall–Kier alpha value is -1.58. The zero-order chi connectivity index (χ0) is 11.4. The molecule has 0 aliphatic rings. The molecule has 4 heteroatoms. The zero-order valence-corrected chi connectivity index (χ0v) is 8.96. The summed E-state index contributed by atoms with van der Waals surface area (Å²) in [5.74, 6) is -0.582. The van der Waals surface area contributed by atoms with Crippen LogP contribution in [0.1, 0.15) is 24.2 Å². The number of rotatable bonds is 3. The summed E-state index contributed by atoms with van der Waals surface area (Å²) in [6.45, 7) is 5.01. The SMILES string of the molecule is CCN(CC)C(=O)c1ccc(F)cc1N. The lowest BCUT2D eigenvalue weighted by Gasteiger charge is -2.19. The van der Waals surface area contributed by atoms with E-state index < -0.39 is 5.82 Å². The van der Waals surface area contributed by atoms with Crippen LogP contribution >= 0.6 is 0 Å². The smallest absolute Gasteiger partial charge is 0.255 e. The number of carbonyl (C=O) groups excluding carboxylic acids is 1. The summed E-state index contributed by atoms with van der Waals surface area (Å²) in [5, 5.41) is 0. The highest BCUT2D eigenvalue weighted by molar-refractivity contribution is 5.99. The number of anilines is 1. The summed E-state index contributed by atoms with van der Waals surface area (Å²) >= 11 is 0. The zero-order valence-electron chi connectivity index (χ0n) is 8.96. The van der Waals surface area contributed by atoms with Gasteiger partial charge in [-0.15, -0.1) is 0 Å². The van der Waals surface area contributed by atoms with Crippen molar-refractivity contribution in [3.05, 3.63) is 29.6 Å². The summed E-state index contributed by atoms with van der Waals surface area (Å²) in [6.07, 6.45) is 0. The molecule has 0 unspecified atom stereocenters. The molecule has 1 aromatic rings. The minimum Gasteiger partial charge on any atom is -0.398 e. The molecule has 0 aliphatic carbocycles. The Bertz CT molecular complexity index is 362. The van der Waals surface area contributed by atoms with E-state index in [1.54, 1.807) is 4.90 Å². The molecule has 3 nitrogen and oxygen atoms in total. The molecule has 0 fully saturated rings. The lowest BCUT2D eigenvalue weighted by molar-refractivity contribution is 0.0774.